The van der Waals surface area contributed by atoms with E-state index < -0.39 is 5.82 Å². The Labute approximate surface area is 135 Å². The zero-order valence-electron chi connectivity index (χ0n) is 13.0. The minimum absolute atomic E-state index is 0.106. The maximum absolute atomic E-state index is 13.9. The molecular weight excluding hydrogens is 291 g/mol. The first-order chi connectivity index (χ1) is 11.3. The number of H-pyrrole nitrogens is 1. The van der Waals surface area contributed by atoms with E-state index in [9.17, 15) is 9.65 Å². The summed E-state index contributed by atoms with van der Waals surface area (Å²) in [5.41, 5.74) is 3.27. The molecule has 4 nitrogen and oxygen atoms in total. The van der Waals surface area contributed by atoms with Crippen molar-refractivity contribution in [3.63, 3.8) is 0 Å². The van der Waals surface area contributed by atoms with Crippen molar-refractivity contribution in [1.82, 2.24) is 9.97 Å². The van der Waals surface area contributed by atoms with Crippen molar-refractivity contribution >= 4 is 5.69 Å². The van der Waals surface area contributed by atoms with Gasteiger partial charge in [-0.25, -0.2) is 9.37 Å². The normalized spacial score (nSPS) is 20.3. The Bertz CT molecular complexity index is 750. The molecule has 0 spiro atoms. The molecule has 0 radical (unpaired) electrons. The monoisotopic (exact) mass is 310 g/mol. The number of aryl methyl sites for hydroxylation is 2. The fourth-order valence-corrected chi connectivity index (χ4v) is 3.84. The molecule has 1 aliphatic carbocycles. The van der Waals surface area contributed by atoms with E-state index in [1.807, 2.05) is 12.1 Å². The van der Waals surface area contributed by atoms with Gasteiger partial charge in [0.25, 0.3) is 0 Å². The van der Waals surface area contributed by atoms with Gasteiger partial charge >= 0.3 is 0 Å². The van der Waals surface area contributed by atoms with E-state index >= 15 is 0 Å². The highest BCUT2D eigenvalue weighted by molar-refractivity contribution is 5.61. The molecule has 5 heteroatoms. The van der Waals surface area contributed by atoms with Crippen LogP contribution >= 0.6 is 0 Å². The highest BCUT2D eigenvalue weighted by Gasteiger charge is 2.31. The largest absolute Gasteiger partial charge is 0.360 e. The molecule has 23 heavy (non-hydrogen) atoms. The van der Waals surface area contributed by atoms with Crippen LogP contribution in [0.2, 0.25) is 0 Å². The molecule has 0 unspecified atom stereocenters. The van der Waals surface area contributed by atoms with Crippen LogP contribution in [0.25, 0.3) is 0 Å². The van der Waals surface area contributed by atoms with Crippen molar-refractivity contribution in [3.8, 4) is 6.07 Å². The van der Waals surface area contributed by atoms with Gasteiger partial charge < -0.3 is 9.88 Å². The minimum atomic E-state index is -0.450. The van der Waals surface area contributed by atoms with Crippen LogP contribution in [0.1, 0.15) is 54.5 Å². The second-order valence-corrected chi connectivity index (χ2v) is 6.35. The maximum Gasteiger partial charge on any atom is 0.143 e. The molecular formula is C18H19FN4. The number of hydrogen-bond acceptors (Lipinski definition) is 3. The second-order valence-electron chi connectivity index (χ2n) is 6.35. The van der Waals surface area contributed by atoms with E-state index in [1.54, 1.807) is 6.07 Å². The Morgan fingerprint density at radius 1 is 1.26 bits per heavy atom. The number of nitrogens with one attached hydrogen (secondary N) is 1. The zero-order valence-corrected chi connectivity index (χ0v) is 13.0. The lowest BCUT2D eigenvalue weighted by molar-refractivity contribution is 0.619. The molecule has 1 aliphatic heterocycles. The zero-order chi connectivity index (χ0) is 15.8. The van der Waals surface area contributed by atoms with Gasteiger partial charge in [-0.05, 0) is 50.7 Å². The lowest BCUT2D eigenvalue weighted by Gasteiger charge is -2.26. The van der Waals surface area contributed by atoms with Gasteiger partial charge in [0, 0.05) is 12.2 Å². The van der Waals surface area contributed by atoms with Gasteiger partial charge in [0.1, 0.15) is 23.3 Å². The van der Waals surface area contributed by atoms with E-state index in [-0.39, 0.29) is 11.6 Å². The van der Waals surface area contributed by atoms with Crippen molar-refractivity contribution in [1.29, 1.82) is 5.26 Å². The number of aromatic nitrogens is 2. The second kappa shape index (κ2) is 5.69. The number of nitrogens with zero attached hydrogens (tertiary/aromatic N) is 3. The highest BCUT2D eigenvalue weighted by atomic mass is 19.1. The fraction of sp³-hybridized carbons (Fsp3) is 0.444. The number of benzene rings is 1. The van der Waals surface area contributed by atoms with Gasteiger partial charge in [0.15, 0.2) is 0 Å². The number of halogens is 1. The number of fused-ring (bicyclic) bond motifs is 1. The van der Waals surface area contributed by atoms with Gasteiger partial charge in [-0.15, -0.1) is 0 Å². The van der Waals surface area contributed by atoms with Gasteiger partial charge in [-0.2, -0.15) is 5.26 Å². The van der Waals surface area contributed by atoms with Gasteiger partial charge in [-0.3, -0.25) is 0 Å². The van der Waals surface area contributed by atoms with E-state index in [2.05, 4.69) is 9.88 Å². The van der Waals surface area contributed by atoms with Crippen LogP contribution in [0.3, 0.4) is 0 Å². The van der Waals surface area contributed by atoms with E-state index in [0.29, 0.717) is 5.69 Å². The summed E-state index contributed by atoms with van der Waals surface area (Å²) < 4.78 is 13.9. The maximum atomic E-state index is 13.9. The third-order valence-electron chi connectivity index (χ3n) is 4.95. The van der Waals surface area contributed by atoms with Crippen molar-refractivity contribution in [2.75, 3.05) is 11.4 Å². The van der Waals surface area contributed by atoms with Crippen molar-refractivity contribution in [2.45, 2.75) is 44.6 Å². The van der Waals surface area contributed by atoms with Crippen LogP contribution in [-0.4, -0.2) is 16.5 Å². The molecule has 0 bridgehead atoms. The molecule has 4 rings (SSSR count). The summed E-state index contributed by atoms with van der Waals surface area (Å²) in [6.45, 7) is 0.828. The molecule has 1 N–H and O–H groups in total. The summed E-state index contributed by atoms with van der Waals surface area (Å²) in [6, 6.07) is 6.98. The predicted molar refractivity (Wildman–Crippen MR) is 85.7 cm³/mol. The standard InChI is InChI=1S/C18H19FN4/c19-13-5-3-8-16(12(13)11-20)23-10-4-9-17(23)18-21-14-6-1-2-7-15(14)22-18/h3,5,8,17H,1-2,4,6-7,9-10H2,(H,21,22)/t17-/m0/s1. The van der Waals surface area contributed by atoms with Crippen LogP contribution in [0.5, 0.6) is 0 Å². The van der Waals surface area contributed by atoms with E-state index in [0.717, 1.165) is 38.1 Å². The number of anilines is 1. The third kappa shape index (κ3) is 2.39. The molecule has 118 valence electrons. The van der Waals surface area contributed by atoms with Crippen molar-refractivity contribution < 1.29 is 4.39 Å². The topological polar surface area (TPSA) is 55.7 Å². The van der Waals surface area contributed by atoms with Crippen molar-refractivity contribution in [2.24, 2.45) is 0 Å². The first-order valence-corrected chi connectivity index (χ1v) is 8.31. The van der Waals surface area contributed by atoms with E-state index in [1.165, 1.54) is 30.3 Å². The average molecular weight is 310 g/mol. The lowest BCUT2D eigenvalue weighted by Crippen LogP contribution is -2.24. The molecule has 1 fully saturated rings. The summed E-state index contributed by atoms with van der Waals surface area (Å²) in [6.07, 6.45) is 6.53. The third-order valence-corrected chi connectivity index (χ3v) is 4.95. The molecule has 2 heterocycles. The quantitative estimate of drug-likeness (QED) is 0.921. The number of nitriles is 1. The first kappa shape index (κ1) is 14.3. The molecule has 0 amide bonds. The fourth-order valence-electron chi connectivity index (χ4n) is 3.84. The van der Waals surface area contributed by atoms with E-state index in [4.69, 9.17) is 4.98 Å². The van der Waals surface area contributed by atoms with Crippen LogP contribution in [0.15, 0.2) is 18.2 Å². The molecule has 1 aromatic carbocycles. The summed E-state index contributed by atoms with van der Waals surface area (Å²) in [4.78, 5) is 10.4. The smallest absolute Gasteiger partial charge is 0.143 e. The van der Waals surface area contributed by atoms with Gasteiger partial charge in [0.05, 0.1) is 17.4 Å². The highest BCUT2D eigenvalue weighted by Crippen LogP contribution is 2.37. The molecule has 2 aliphatic rings. The molecule has 1 saturated heterocycles. The SMILES string of the molecule is N#Cc1c(F)cccc1N1CCC[C@H]1c1nc2c([nH]1)CCCC2. The molecule has 1 atom stereocenters. The number of imidazole rings is 1. The summed E-state index contributed by atoms with van der Waals surface area (Å²) >= 11 is 0. The number of aromatic amines is 1. The first-order valence-electron chi connectivity index (χ1n) is 8.31. The molecule has 1 aromatic heterocycles. The Morgan fingerprint density at radius 2 is 2.13 bits per heavy atom. The van der Waals surface area contributed by atoms with Crippen LogP contribution < -0.4 is 4.90 Å². The average Bonchev–Trinajstić information content (AvgIpc) is 3.20. The summed E-state index contributed by atoms with van der Waals surface area (Å²) in [5, 5.41) is 9.31. The Morgan fingerprint density at radius 3 is 2.96 bits per heavy atom. The summed E-state index contributed by atoms with van der Waals surface area (Å²) in [5.74, 6) is 0.525. The molecule has 0 saturated carbocycles. The number of hydrogen-bond donors (Lipinski definition) is 1. The van der Waals surface area contributed by atoms with Crippen LogP contribution in [0.4, 0.5) is 10.1 Å². The predicted octanol–water partition coefficient (Wildman–Crippen LogP) is 3.64. The van der Waals surface area contributed by atoms with Gasteiger partial charge in [0.2, 0.25) is 0 Å². The Hall–Kier alpha value is -2.35. The lowest BCUT2D eigenvalue weighted by atomic mass is 10.0. The summed E-state index contributed by atoms with van der Waals surface area (Å²) in [7, 11) is 0. The van der Waals surface area contributed by atoms with Crippen LogP contribution in [0, 0.1) is 17.1 Å². The number of rotatable bonds is 2. The Kier molecular flexibility index (Phi) is 3.53. The molecule has 2 aromatic rings. The van der Waals surface area contributed by atoms with Crippen LogP contribution in [-0.2, 0) is 12.8 Å². The van der Waals surface area contributed by atoms with Gasteiger partial charge in [-0.1, -0.05) is 6.07 Å². The Balaban J connectivity index is 1.71. The van der Waals surface area contributed by atoms with Crippen molar-refractivity contribution in [3.05, 3.63) is 46.8 Å². The minimum Gasteiger partial charge on any atom is -0.360 e.